The van der Waals surface area contributed by atoms with Crippen molar-refractivity contribution in [1.82, 2.24) is 20.0 Å². The summed E-state index contributed by atoms with van der Waals surface area (Å²) in [6.45, 7) is 3.65. The summed E-state index contributed by atoms with van der Waals surface area (Å²) in [6, 6.07) is 3.63. The fourth-order valence-electron chi connectivity index (χ4n) is 1.21. The second-order valence-electron chi connectivity index (χ2n) is 3.23. The molecule has 0 saturated carbocycles. The van der Waals surface area contributed by atoms with Gasteiger partial charge in [0.05, 0.1) is 11.4 Å². The van der Waals surface area contributed by atoms with Crippen LogP contribution in [0.15, 0.2) is 12.1 Å². The Hall–Kier alpha value is -1.62. The number of aromatic nitrogens is 4. The number of nitrogens with zero attached hydrogens (tertiary/aromatic N) is 4. The molecule has 0 amide bonds. The fraction of sp³-hybridized carbons (Fsp3) is 0.222. The maximum atomic E-state index is 5.92. The van der Waals surface area contributed by atoms with E-state index in [2.05, 4.69) is 15.3 Å². The van der Waals surface area contributed by atoms with E-state index in [1.54, 1.807) is 13.0 Å². The first-order chi connectivity index (χ1) is 7.09. The zero-order valence-electron chi connectivity index (χ0n) is 8.40. The first-order valence-electron chi connectivity index (χ1n) is 4.41. The first-order valence-corrected chi connectivity index (χ1v) is 4.78. The molecular formula is C9H10ClN5. The quantitative estimate of drug-likeness (QED) is 0.796. The van der Waals surface area contributed by atoms with Crippen LogP contribution in [0.5, 0.6) is 0 Å². The zero-order valence-corrected chi connectivity index (χ0v) is 9.15. The van der Waals surface area contributed by atoms with E-state index in [1.165, 1.54) is 4.68 Å². The number of aryl methyl sites for hydroxylation is 2. The van der Waals surface area contributed by atoms with Crippen molar-refractivity contribution in [2.45, 2.75) is 13.8 Å². The van der Waals surface area contributed by atoms with E-state index in [-0.39, 0.29) is 0 Å². The van der Waals surface area contributed by atoms with Gasteiger partial charge in [-0.15, -0.1) is 5.10 Å². The largest absolute Gasteiger partial charge is 0.382 e. The molecular weight excluding hydrogens is 214 g/mol. The Morgan fingerprint density at radius 3 is 2.47 bits per heavy atom. The Morgan fingerprint density at radius 2 is 2.00 bits per heavy atom. The van der Waals surface area contributed by atoms with Crippen molar-refractivity contribution < 1.29 is 0 Å². The third-order valence-electron chi connectivity index (χ3n) is 2.02. The maximum Gasteiger partial charge on any atom is 0.178 e. The van der Waals surface area contributed by atoms with Crippen molar-refractivity contribution in [2.75, 3.05) is 5.73 Å². The Labute approximate surface area is 91.9 Å². The second-order valence-corrected chi connectivity index (χ2v) is 3.61. The van der Waals surface area contributed by atoms with Crippen molar-refractivity contribution in [1.29, 1.82) is 0 Å². The molecule has 0 spiro atoms. The summed E-state index contributed by atoms with van der Waals surface area (Å²) in [5, 5.41) is 12.5. The van der Waals surface area contributed by atoms with Gasteiger partial charge in [0.2, 0.25) is 0 Å². The van der Waals surface area contributed by atoms with E-state index < -0.39 is 0 Å². The van der Waals surface area contributed by atoms with Crippen LogP contribution >= 0.6 is 11.6 Å². The van der Waals surface area contributed by atoms with Gasteiger partial charge in [0, 0.05) is 0 Å². The molecule has 0 aromatic carbocycles. The van der Waals surface area contributed by atoms with Gasteiger partial charge in [-0.1, -0.05) is 11.6 Å². The Bertz CT molecular complexity index is 488. The molecule has 2 aromatic rings. The normalized spacial score (nSPS) is 10.6. The summed E-state index contributed by atoms with van der Waals surface area (Å²) in [5.74, 6) is 0.945. The molecule has 15 heavy (non-hydrogen) atoms. The van der Waals surface area contributed by atoms with Crippen LogP contribution in [0.4, 0.5) is 5.82 Å². The fourth-order valence-corrected chi connectivity index (χ4v) is 1.32. The molecule has 2 N–H and O–H groups in total. The average Bonchev–Trinajstić information content (AvgIpc) is 2.47. The molecule has 78 valence electrons. The Balaban J connectivity index is 2.54. The summed E-state index contributed by atoms with van der Waals surface area (Å²) in [7, 11) is 0. The molecule has 0 fully saturated rings. The average molecular weight is 224 g/mol. The van der Waals surface area contributed by atoms with Crippen LogP contribution in [0.2, 0.25) is 5.02 Å². The van der Waals surface area contributed by atoms with Gasteiger partial charge < -0.3 is 5.73 Å². The lowest BCUT2D eigenvalue weighted by Crippen LogP contribution is -2.05. The van der Waals surface area contributed by atoms with E-state index in [1.807, 2.05) is 13.0 Å². The number of rotatable bonds is 1. The van der Waals surface area contributed by atoms with Crippen molar-refractivity contribution in [3.8, 4) is 5.82 Å². The number of anilines is 1. The minimum atomic E-state index is 0.382. The molecule has 2 aromatic heterocycles. The summed E-state index contributed by atoms with van der Waals surface area (Å²) >= 11 is 5.92. The van der Waals surface area contributed by atoms with Gasteiger partial charge >= 0.3 is 0 Å². The SMILES string of the molecule is Cc1ccc(-n2nc(C)c(Cl)c2N)nn1. The van der Waals surface area contributed by atoms with Gasteiger partial charge in [-0.3, -0.25) is 0 Å². The highest BCUT2D eigenvalue weighted by Gasteiger charge is 2.12. The Kier molecular flexibility index (Phi) is 2.32. The molecule has 2 rings (SSSR count). The van der Waals surface area contributed by atoms with Crippen molar-refractivity contribution in [2.24, 2.45) is 0 Å². The van der Waals surface area contributed by atoms with Crippen LogP contribution in [0, 0.1) is 13.8 Å². The van der Waals surface area contributed by atoms with Crippen LogP contribution < -0.4 is 5.73 Å². The molecule has 2 heterocycles. The smallest absolute Gasteiger partial charge is 0.178 e. The van der Waals surface area contributed by atoms with Crippen molar-refractivity contribution >= 4 is 17.4 Å². The topological polar surface area (TPSA) is 69.6 Å². The Morgan fingerprint density at radius 1 is 1.27 bits per heavy atom. The molecule has 0 unspecified atom stereocenters. The third kappa shape index (κ3) is 1.66. The van der Waals surface area contributed by atoms with Gasteiger partial charge in [0.15, 0.2) is 5.82 Å². The van der Waals surface area contributed by atoms with Gasteiger partial charge in [-0.2, -0.15) is 14.9 Å². The summed E-state index contributed by atoms with van der Waals surface area (Å²) in [6.07, 6.45) is 0. The summed E-state index contributed by atoms with van der Waals surface area (Å²) in [5.41, 5.74) is 7.29. The van der Waals surface area contributed by atoms with Crippen LogP contribution in [0.3, 0.4) is 0 Å². The molecule has 0 aliphatic carbocycles. The number of halogens is 1. The highest BCUT2D eigenvalue weighted by Crippen LogP contribution is 2.24. The van der Waals surface area contributed by atoms with Crippen LogP contribution in [-0.4, -0.2) is 20.0 Å². The lowest BCUT2D eigenvalue weighted by molar-refractivity contribution is 0.804. The van der Waals surface area contributed by atoms with Gasteiger partial charge in [-0.05, 0) is 26.0 Å². The lowest BCUT2D eigenvalue weighted by atomic mass is 10.4. The third-order valence-corrected chi connectivity index (χ3v) is 2.49. The number of nitrogen functional groups attached to an aromatic ring is 1. The zero-order chi connectivity index (χ0) is 11.0. The summed E-state index contributed by atoms with van der Waals surface area (Å²) < 4.78 is 1.48. The monoisotopic (exact) mass is 223 g/mol. The molecule has 0 radical (unpaired) electrons. The number of hydrogen-bond acceptors (Lipinski definition) is 4. The lowest BCUT2D eigenvalue weighted by Gasteiger charge is -2.01. The minimum absolute atomic E-state index is 0.382. The van der Waals surface area contributed by atoms with Crippen molar-refractivity contribution in [3.63, 3.8) is 0 Å². The number of hydrogen-bond donors (Lipinski definition) is 1. The van der Waals surface area contributed by atoms with E-state index >= 15 is 0 Å². The van der Waals surface area contributed by atoms with E-state index in [0.29, 0.717) is 22.4 Å². The van der Waals surface area contributed by atoms with E-state index in [4.69, 9.17) is 17.3 Å². The first kappa shape index (κ1) is 9.92. The van der Waals surface area contributed by atoms with Gasteiger partial charge in [0.1, 0.15) is 10.8 Å². The highest BCUT2D eigenvalue weighted by molar-refractivity contribution is 6.33. The molecule has 0 atom stereocenters. The van der Waals surface area contributed by atoms with Gasteiger partial charge in [0.25, 0.3) is 0 Å². The van der Waals surface area contributed by atoms with Crippen LogP contribution in [0.25, 0.3) is 5.82 Å². The predicted octanol–water partition coefficient (Wildman–Crippen LogP) is 1.51. The molecule has 0 aliphatic rings. The molecule has 0 aliphatic heterocycles. The van der Waals surface area contributed by atoms with Crippen LogP contribution in [-0.2, 0) is 0 Å². The van der Waals surface area contributed by atoms with Crippen molar-refractivity contribution in [3.05, 3.63) is 28.5 Å². The standard InChI is InChI=1S/C9H10ClN5/c1-5-3-4-7(13-12-5)15-9(11)8(10)6(2)14-15/h3-4H,11H2,1-2H3. The summed E-state index contributed by atoms with van der Waals surface area (Å²) in [4.78, 5) is 0. The predicted molar refractivity (Wildman–Crippen MR) is 58.1 cm³/mol. The molecule has 0 saturated heterocycles. The number of nitrogens with two attached hydrogens (primary N) is 1. The molecule has 0 bridgehead atoms. The highest BCUT2D eigenvalue weighted by atomic mass is 35.5. The van der Waals surface area contributed by atoms with Gasteiger partial charge in [-0.25, -0.2) is 0 Å². The second kappa shape index (κ2) is 3.51. The minimum Gasteiger partial charge on any atom is -0.382 e. The van der Waals surface area contributed by atoms with E-state index in [9.17, 15) is 0 Å². The molecule has 6 heteroatoms. The van der Waals surface area contributed by atoms with Crippen LogP contribution in [0.1, 0.15) is 11.4 Å². The van der Waals surface area contributed by atoms with E-state index in [0.717, 1.165) is 5.69 Å². The maximum absolute atomic E-state index is 5.92. The molecule has 5 nitrogen and oxygen atoms in total.